The third-order valence-electron chi connectivity index (χ3n) is 4.73. The Bertz CT molecular complexity index is 963. The summed E-state index contributed by atoms with van der Waals surface area (Å²) in [6.07, 6.45) is 1.74. The summed E-state index contributed by atoms with van der Waals surface area (Å²) in [6, 6.07) is 32.3. The van der Waals surface area contributed by atoms with Crippen molar-refractivity contribution >= 4 is 23.2 Å². The maximum Gasteiger partial charge on any atom is 0.127 e. The van der Waals surface area contributed by atoms with Gasteiger partial charge in [0, 0.05) is 10.0 Å². The molecule has 29 heavy (non-hydrogen) atoms. The third kappa shape index (κ3) is 5.63. The van der Waals surface area contributed by atoms with Crippen molar-refractivity contribution in [3.63, 3.8) is 0 Å². The first-order valence-corrected chi connectivity index (χ1v) is 10.2. The summed E-state index contributed by atoms with van der Waals surface area (Å²) in [7, 11) is 0. The molecule has 4 aromatic carbocycles. The molecule has 0 N–H and O–H groups in total. The Morgan fingerprint density at radius 2 is 0.690 bits per heavy atom. The zero-order chi connectivity index (χ0) is 20.1. The van der Waals surface area contributed by atoms with Gasteiger partial charge < -0.3 is 4.74 Å². The number of halogens is 2. The summed E-state index contributed by atoms with van der Waals surface area (Å²) in [6.45, 7) is 0. The fraction of sp³-hybridized carbons (Fsp3) is 0.0769. The van der Waals surface area contributed by atoms with E-state index in [0.717, 1.165) is 34.4 Å². The van der Waals surface area contributed by atoms with Gasteiger partial charge in [0.1, 0.15) is 11.5 Å². The van der Waals surface area contributed by atoms with E-state index in [-0.39, 0.29) is 0 Å². The summed E-state index contributed by atoms with van der Waals surface area (Å²) < 4.78 is 5.99. The molecule has 4 aromatic rings. The molecule has 0 aliphatic heterocycles. The minimum absolute atomic E-state index is 0.761. The number of hydrogen-bond acceptors (Lipinski definition) is 1. The van der Waals surface area contributed by atoms with Crippen molar-refractivity contribution < 1.29 is 4.74 Å². The Kier molecular flexibility index (Phi) is 6.19. The Morgan fingerprint density at radius 1 is 0.414 bits per heavy atom. The van der Waals surface area contributed by atoms with E-state index in [4.69, 9.17) is 27.9 Å². The molecule has 0 heterocycles. The fourth-order valence-corrected chi connectivity index (χ4v) is 3.41. The number of ether oxygens (including phenoxy) is 1. The normalized spacial score (nSPS) is 10.7. The summed E-state index contributed by atoms with van der Waals surface area (Å²) in [5.74, 6) is 1.66. The first-order valence-electron chi connectivity index (χ1n) is 9.49. The van der Waals surface area contributed by atoms with Crippen LogP contribution in [0.3, 0.4) is 0 Å². The molecule has 0 aliphatic rings. The molecule has 0 aliphatic carbocycles. The van der Waals surface area contributed by atoms with E-state index < -0.39 is 0 Å². The molecule has 0 radical (unpaired) electrons. The maximum atomic E-state index is 5.99. The van der Waals surface area contributed by atoms with Gasteiger partial charge in [0.05, 0.1) is 0 Å². The minimum Gasteiger partial charge on any atom is -0.457 e. The standard InChI is InChI=1S/C26H20Cl2O/c27-23-9-1-19(2-10-23)17-21-5-13-25(14-6-21)29-26-15-7-22(8-16-26)18-20-3-11-24(28)12-4-20/h1-16H,17-18H2. The van der Waals surface area contributed by atoms with E-state index in [1.807, 2.05) is 48.5 Å². The average molecular weight is 419 g/mol. The highest BCUT2D eigenvalue weighted by Crippen LogP contribution is 2.24. The van der Waals surface area contributed by atoms with Gasteiger partial charge in [0.25, 0.3) is 0 Å². The maximum absolute atomic E-state index is 5.99. The lowest BCUT2D eigenvalue weighted by molar-refractivity contribution is 0.482. The molecule has 0 amide bonds. The fourth-order valence-electron chi connectivity index (χ4n) is 3.16. The smallest absolute Gasteiger partial charge is 0.127 e. The van der Waals surface area contributed by atoms with Crippen molar-refractivity contribution in [1.29, 1.82) is 0 Å². The van der Waals surface area contributed by atoms with Crippen LogP contribution in [0.4, 0.5) is 0 Å². The lowest BCUT2D eigenvalue weighted by atomic mass is 10.0. The van der Waals surface area contributed by atoms with Gasteiger partial charge >= 0.3 is 0 Å². The Labute approximate surface area is 181 Å². The van der Waals surface area contributed by atoms with E-state index in [1.54, 1.807) is 0 Å². The van der Waals surface area contributed by atoms with Crippen LogP contribution in [-0.2, 0) is 12.8 Å². The van der Waals surface area contributed by atoms with E-state index in [9.17, 15) is 0 Å². The molecular formula is C26H20Cl2O. The van der Waals surface area contributed by atoms with E-state index in [1.165, 1.54) is 22.3 Å². The van der Waals surface area contributed by atoms with Crippen LogP contribution in [-0.4, -0.2) is 0 Å². The van der Waals surface area contributed by atoms with Gasteiger partial charge in [-0.1, -0.05) is 71.7 Å². The van der Waals surface area contributed by atoms with Gasteiger partial charge in [-0.3, -0.25) is 0 Å². The molecule has 0 unspecified atom stereocenters. The van der Waals surface area contributed by atoms with Gasteiger partial charge in [0.15, 0.2) is 0 Å². The molecule has 144 valence electrons. The Hall–Kier alpha value is -2.74. The largest absolute Gasteiger partial charge is 0.457 e. The third-order valence-corrected chi connectivity index (χ3v) is 5.23. The Morgan fingerprint density at radius 3 is 1.00 bits per heavy atom. The van der Waals surface area contributed by atoms with Gasteiger partial charge in [0.2, 0.25) is 0 Å². The van der Waals surface area contributed by atoms with Crippen molar-refractivity contribution in [3.8, 4) is 11.5 Å². The van der Waals surface area contributed by atoms with Crippen molar-refractivity contribution in [2.75, 3.05) is 0 Å². The molecule has 0 atom stereocenters. The Balaban J connectivity index is 1.36. The second kappa shape index (κ2) is 9.17. The number of rotatable bonds is 6. The van der Waals surface area contributed by atoms with Crippen LogP contribution in [0.15, 0.2) is 97.1 Å². The molecule has 3 heteroatoms. The predicted molar refractivity (Wildman–Crippen MR) is 121 cm³/mol. The second-order valence-corrected chi connectivity index (χ2v) is 7.87. The average Bonchev–Trinajstić information content (AvgIpc) is 2.74. The van der Waals surface area contributed by atoms with Gasteiger partial charge in [-0.15, -0.1) is 0 Å². The highest BCUT2D eigenvalue weighted by atomic mass is 35.5. The summed E-state index contributed by atoms with van der Waals surface area (Å²) in [5.41, 5.74) is 4.94. The molecule has 0 saturated carbocycles. The first kappa shape index (κ1) is 19.6. The van der Waals surface area contributed by atoms with Crippen LogP contribution >= 0.6 is 23.2 Å². The van der Waals surface area contributed by atoms with Crippen LogP contribution in [0.2, 0.25) is 10.0 Å². The van der Waals surface area contributed by atoms with Crippen LogP contribution in [0, 0.1) is 0 Å². The first-order chi connectivity index (χ1) is 14.1. The predicted octanol–water partition coefficient (Wildman–Crippen LogP) is 7.97. The summed E-state index contributed by atoms with van der Waals surface area (Å²) in [5, 5.41) is 1.52. The van der Waals surface area contributed by atoms with Crippen LogP contribution in [0.25, 0.3) is 0 Å². The number of hydrogen-bond donors (Lipinski definition) is 0. The molecule has 1 nitrogen and oxygen atoms in total. The molecule has 4 rings (SSSR count). The lowest BCUT2D eigenvalue weighted by Gasteiger charge is -2.08. The van der Waals surface area contributed by atoms with Crippen LogP contribution in [0.1, 0.15) is 22.3 Å². The van der Waals surface area contributed by atoms with E-state index >= 15 is 0 Å². The quantitative estimate of drug-likeness (QED) is 0.308. The van der Waals surface area contributed by atoms with Gasteiger partial charge in [-0.05, 0) is 83.6 Å². The summed E-state index contributed by atoms with van der Waals surface area (Å²) in [4.78, 5) is 0. The summed E-state index contributed by atoms with van der Waals surface area (Å²) >= 11 is 11.9. The van der Waals surface area contributed by atoms with Crippen LogP contribution < -0.4 is 4.74 Å². The van der Waals surface area contributed by atoms with Crippen molar-refractivity contribution in [2.24, 2.45) is 0 Å². The second-order valence-electron chi connectivity index (χ2n) is 7.00. The SMILES string of the molecule is Clc1ccc(Cc2ccc(Oc3ccc(Cc4ccc(Cl)cc4)cc3)cc2)cc1. The van der Waals surface area contributed by atoms with Gasteiger partial charge in [-0.25, -0.2) is 0 Å². The van der Waals surface area contributed by atoms with Crippen molar-refractivity contribution in [2.45, 2.75) is 12.8 Å². The van der Waals surface area contributed by atoms with E-state index in [0.29, 0.717) is 0 Å². The molecule has 0 bridgehead atoms. The van der Waals surface area contributed by atoms with Crippen molar-refractivity contribution in [1.82, 2.24) is 0 Å². The molecule has 0 saturated heterocycles. The lowest BCUT2D eigenvalue weighted by Crippen LogP contribution is -1.90. The zero-order valence-electron chi connectivity index (χ0n) is 15.8. The molecule has 0 spiro atoms. The highest BCUT2D eigenvalue weighted by Gasteiger charge is 2.02. The number of benzene rings is 4. The van der Waals surface area contributed by atoms with E-state index in [2.05, 4.69) is 48.5 Å². The zero-order valence-corrected chi connectivity index (χ0v) is 17.3. The molecular weight excluding hydrogens is 399 g/mol. The highest BCUT2D eigenvalue weighted by molar-refractivity contribution is 6.30. The molecule has 0 fully saturated rings. The minimum atomic E-state index is 0.761. The molecule has 0 aromatic heterocycles. The topological polar surface area (TPSA) is 9.23 Å². The monoisotopic (exact) mass is 418 g/mol. The van der Waals surface area contributed by atoms with Gasteiger partial charge in [-0.2, -0.15) is 0 Å². The van der Waals surface area contributed by atoms with Crippen LogP contribution in [0.5, 0.6) is 11.5 Å². The van der Waals surface area contributed by atoms with Crippen molar-refractivity contribution in [3.05, 3.63) is 129 Å².